The molecule has 0 aromatic rings. The van der Waals surface area contributed by atoms with Crippen molar-refractivity contribution in [2.75, 3.05) is 32.4 Å². The molecular weight excluding hydrogens is 152 g/mol. The number of hydrogen-bond acceptors (Lipinski definition) is 4. The van der Waals surface area contributed by atoms with Crippen molar-refractivity contribution in [1.82, 2.24) is 8.61 Å². The van der Waals surface area contributed by atoms with Crippen molar-refractivity contribution in [3.8, 4) is 0 Å². The van der Waals surface area contributed by atoms with Gasteiger partial charge in [-0.15, -0.1) is 0 Å². The predicted octanol–water partition coefficient (Wildman–Crippen LogP) is 0.727. The van der Waals surface area contributed by atoms with Gasteiger partial charge < -0.3 is 0 Å². The second-order valence-electron chi connectivity index (χ2n) is 2.07. The van der Waals surface area contributed by atoms with Gasteiger partial charge in [0.1, 0.15) is 0 Å². The van der Waals surface area contributed by atoms with E-state index in [-0.39, 0.29) is 0 Å². The van der Waals surface area contributed by atoms with Gasteiger partial charge in [0, 0.05) is 26.2 Å². The highest BCUT2D eigenvalue weighted by Gasteiger charge is 2.12. The maximum atomic E-state index is 4.24. The number of nitrogens with zero attached hydrogens (tertiary/aromatic N) is 2. The molecule has 1 aliphatic heterocycles. The fourth-order valence-electron chi connectivity index (χ4n) is 0.860. The molecule has 0 aliphatic carbocycles. The van der Waals surface area contributed by atoms with Gasteiger partial charge in [0.15, 0.2) is 0 Å². The molecule has 0 spiro atoms. The van der Waals surface area contributed by atoms with Crippen LogP contribution in [-0.2, 0) is 0 Å². The van der Waals surface area contributed by atoms with Crippen LogP contribution >= 0.6 is 24.8 Å². The van der Waals surface area contributed by atoms with Crippen LogP contribution in [0.3, 0.4) is 0 Å². The van der Waals surface area contributed by atoms with Crippen LogP contribution in [0.1, 0.15) is 0 Å². The zero-order chi connectivity index (χ0) is 6.69. The summed E-state index contributed by atoms with van der Waals surface area (Å²) < 4.78 is 4.42. The van der Waals surface area contributed by atoms with Crippen LogP contribution in [0.15, 0.2) is 0 Å². The van der Waals surface area contributed by atoms with Crippen LogP contribution in [-0.4, -0.2) is 41.0 Å². The molecule has 0 bridgehead atoms. The predicted molar refractivity (Wildman–Crippen MR) is 45.6 cm³/mol. The van der Waals surface area contributed by atoms with E-state index in [4.69, 9.17) is 0 Å². The van der Waals surface area contributed by atoms with Crippen LogP contribution in [0.4, 0.5) is 0 Å². The van der Waals surface area contributed by atoms with Crippen molar-refractivity contribution in [2.45, 2.75) is 0 Å². The number of thiol groups is 1. The fraction of sp³-hybridized carbons (Fsp3) is 1.00. The molecule has 0 aromatic carbocycles. The quantitative estimate of drug-likeness (QED) is 0.451. The first kappa shape index (κ1) is 7.72. The Balaban J connectivity index is 2.18. The van der Waals surface area contributed by atoms with Crippen LogP contribution in [0.25, 0.3) is 0 Å². The maximum absolute atomic E-state index is 4.24. The summed E-state index contributed by atoms with van der Waals surface area (Å²) >= 11 is 6.06. The molecular formula is C5H12N2S2. The molecule has 0 aromatic heterocycles. The summed E-state index contributed by atoms with van der Waals surface area (Å²) in [6.45, 7) is 4.46. The molecule has 2 nitrogen and oxygen atoms in total. The van der Waals surface area contributed by atoms with Crippen molar-refractivity contribution in [3.05, 3.63) is 0 Å². The van der Waals surface area contributed by atoms with Crippen LogP contribution in [0, 0.1) is 0 Å². The van der Waals surface area contributed by atoms with E-state index in [0.717, 1.165) is 26.2 Å². The molecule has 0 unspecified atom stereocenters. The molecule has 9 heavy (non-hydrogen) atoms. The SMILES string of the molecule is CSN1CCN(S)CC1. The van der Waals surface area contributed by atoms with Crippen molar-refractivity contribution >= 4 is 24.8 Å². The van der Waals surface area contributed by atoms with Crippen LogP contribution in [0.2, 0.25) is 0 Å². The molecule has 1 aliphatic rings. The van der Waals surface area contributed by atoms with Gasteiger partial charge in [-0.2, -0.15) is 0 Å². The Morgan fingerprint density at radius 2 is 1.78 bits per heavy atom. The lowest BCUT2D eigenvalue weighted by atomic mass is 10.4. The summed E-state index contributed by atoms with van der Waals surface area (Å²) in [6.07, 6.45) is 2.12. The van der Waals surface area contributed by atoms with E-state index in [1.807, 2.05) is 11.9 Å². The molecule has 1 heterocycles. The van der Waals surface area contributed by atoms with E-state index in [9.17, 15) is 0 Å². The largest absolute Gasteiger partial charge is 0.251 e. The lowest BCUT2D eigenvalue weighted by Crippen LogP contribution is -2.38. The number of rotatable bonds is 1. The Hall–Kier alpha value is 0.620. The molecule has 0 amide bonds. The first-order chi connectivity index (χ1) is 4.33. The normalized spacial score (nSPS) is 24.7. The first-order valence-corrected chi connectivity index (χ1v) is 4.64. The third kappa shape index (κ3) is 2.37. The van der Waals surface area contributed by atoms with Crippen molar-refractivity contribution in [3.63, 3.8) is 0 Å². The summed E-state index contributed by atoms with van der Waals surface area (Å²) in [5, 5.41) is 0. The summed E-state index contributed by atoms with van der Waals surface area (Å²) in [6, 6.07) is 0. The van der Waals surface area contributed by atoms with Gasteiger partial charge in [-0.25, -0.2) is 4.31 Å². The standard InChI is InChI=1S/C5H12N2S2/c1-9-7-4-2-6(8)3-5-7/h8H,2-5H2,1H3. The minimum Gasteiger partial charge on any atom is -0.251 e. The van der Waals surface area contributed by atoms with Gasteiger partial charge in [-0.3, -0.25) is 4.31 Å². The van der Waals surface area contributed by atoms with Gasteiger partial charge in [0.25, 0.3) is 0 Å². The molecule has 0 radical (unpaired) electrons. The van der Waals surface area contributed by atoms with E-state index in [2.05, 4.69) is 27.7 Å². The second-order valence-corrected chi connectivity index (χ2v) is 3.51. The highest BCUT2D eigenvalue weighted by atomic mass is 32.2. The first-order valence-electron chi connectivity index (χ1n) is 3.06. The Morgan fingerprint density at radius 3 is 2.22 bits per heavy atom. The monoisotopic (exact) mass is 164 g/mol. The zero-order valence-corrected chi connectivity index (χ0v) is 7.29. The maximum Gasteiger partial charge on any atom is 0.0227 e. The van der Waals surface area contributed by atoms with Crippen molar-refractivity contribution < 1.29 is 0 Å². The lowest BCUT2D eigenvalue weighted by molar-refractivity contribution is 0.312. The van der Waals surface area contributed by atoms with E-state index >= 15 is 0 Å². The third-order valence-corrected chi connectivity index (χ3v) is 2.75. The molecule has 4 heteroatoms. The van der Waals surface area contributed by atoms with Crippen molar-refractivity contribution in [2.24, 2.45) is 0 Å². The Bertz CT molecular complexity index is 81.0. The summed E-state index contributed by atoms with van der Waals surface area (Å²) in [5.74, 6) is 0. The second kappa shape index (κ2) is 3.71. The third-order valence-electron chi connectivity index (χ3n) is 1.47. The summed E-state index contributed by atoms with van der Waals surface area (Å²) in [4.78, 5) is 0. The number of piperazine rings is 1. The van der Waals surface area contributed by atoms with Gasteiger partial charge in [-0.1, -0.05) is 24.8 Å². The van der Waals surface area contributed by atoms with E-state index in [1.165, 1.54) is 0 Å². The van der Waals surface area contributed by atoms with Crippen molar-refractivity contribution in [1.29, 1.82) is 0 Å². The molecule has 1 fully saturated rings. The Labute approximate surface area is 66.3 Å². The molecule has 54 valence electrons. The van der Waals surface area contributed by atoms with Crippen LogP contribution in [0.5, 0.6) is 0 Å². The molecule has 0 saturated carbocycles. The minimum absolute atomic E-state index is 1.09. The van der Waals surface area contributed by atoms with E-state index < -0.39 is 0 Å². The molecule has 0 N–H and O–H groups in total. The number of hydrogen-bond donors (Lipinski definition) is 1. The van der Waals surface area contributed by atoms with Gasteiger partial charge in [0.2, 0.25) is 0 Å². The Morgan fingerprint density at radius 1 is 1.22 bits per heavy atom. The highest BCUT2D eigenvalue weighted by molar-refractivity contribution is 7.96. The smallest absolute Gasteiger partial charge is 0.0227 e. The fourth-order valence-corrected chi connectivity index (χ4v) is 1.57. The molecule has 0 atom stereocenters. The molecule has 1 saturated heterocycles. The zero-order valence-electron chi connectivity index (χ0n) is 5.58. The lowest BCUT2D eigenvalue weighted by Gasteiger charge is -2.29. The summed E-state index contributed by atoms with van der Waals surface area (Å²) in [7, 11) is 0. The van der Waals surface area contributed by atoms with E-state index in [0.29, 0.717) is 0 Å². The average Bonchev–Trinajstić information content (AvgIpc) is 1.90. The van der Waals surface area contributed by atoms with Gasteiger partial charge in [0.05, 0.1) is 0 Å². The summed E-state index contributed by atoms with van der Waals surface area (Å²) in [5.41, 5.74) is 0. The van der Waals surface area contributed by atoms with E-state index in [1.54, 1.807) is 0 Å². The highest BCUT2D eigenvalue weighted by Crippen LogP contribution is 2.10. The van der Waals surface area contributed by atoms with Gasteiger partial charge >= 0.3 is 0 Å². The average molecular weight is 164 g/mol. The van der Waals surface area contributed by atoms with Gasteiger partial charge in [-0.05, 0) is 6.26 Å². The molecule has 1 rings (SSSR count). The Kier molecular flexibility index (Phi) is 3.18. The van der Waals surface area contributed by atoms with Crippen LogP contribution < -0.4 is 0 Å². The minimum atomic E-state index is 1.09. The topological polar surface area (TPSA) is 6.48 Å².